The van der Waals surface area contributed by atoms with Crippen LogP contribution in [0.4, 0.5) is 5.82 Å². The van der Waals surface area contributed by atoms with Gasteiger partial charge in [0.05, 0.1) is 9.70 Å². The number of hydrogen-bond donors (Lipinski definition) is 1. The molecule has 0 aliphatic carbocycles. The number of nitrogens with one attached hydrogen (secondary N) is 1. The van der Waals surface area contributed by atoms with Gasteiger partial charge in [0, 0.05) is 45.5 Å². The Morgan fingerprint density at radius 1 is 1.39 bits per heavy atom. The maximum absolute atomic E-state index is 12.8. The maximum Gasteiger partial charge on any atom is 0.252 e. The summed E-state index contributed by atoms with van der Waals surface area (Å²) in [6, 6.07) is 7.08. The molecule has 7 nitrogen and oxygen atoms in total. The molecule has 0 aromatic carbocycles. The molecule has 1 amide bonds. The van der Waals surface area contributed by atoms with Gasteiger partial charge in [0.15, 0.2) is 0 Å². The van der Waals surface area contributed by atoms with E-state index in [9.17, 15) is 13.2 Å². The van der Waals surface area contributed by atoms with Crippen molar-refractivity contribution in [3.05, 3.63) is 39.8 Å². The topological polar surface area (TPSA) is 82.6 Å². The fraction of sp³-hybridized carbons (Fsp3) is 0.444. The first-order chi connectivity index (χ1) is 13.3. The molecule has 3 heterocycles. The Kier molecular flexibility index (Phi) is 6.74. The fourth-order valence-electron chi connectivity index (χ4n) is 3.24. The van der Waals surface area contributed by atoms with Crippen molar-refractivity contribution < 1.29 is 13.2 Å². The van der Waals surface area contributed by atoms with Gasteiger partial charge in [-0.05, 0) is 47.0 Å². The van der Waals surface area contributed by atoms with Crippen molar-refractivity contribution in [2.24, 2.45) is 5.92 Å². The monoisotopic (exact) mass is 486 g/mol. The lowest BCUT2D eigenvalue weighted by atomic mass is 9.99. The van der Waals surface area contributed by atoms with E-state index < -0.39 is 10.0 Å². The van der Waals surface area contributed by atoms with E-state index >= 15 is 0 Å². The molecule has 1 fully saturated rings. The van der Waals surface area contributed by atoms with Gasteiger partial charge in [-0.3, -0.25) is 4.79 Å². The normalized spacial score (nSPS) is 18.0. The first-order valence-electron chi connectivity index (χ1n) is 8.93. The number of pyridine rings is 1. The molecule has 0 saturated carbocycles. The van der Waals surface area contributed by atoms with Gasteiger partial charge >= 0.3 is 0 Å². The van der Waals surface area contributed by atoms with Crippen LogP contribution in [0.3, 0.4) is 0 Å². The Balaban J connectivity index is 1.65. The van der Waals surface area contributed by atoms with E-state index in [1.807, 2.05) is 31.1 Å². The van der Waals surface area contributed by atoms with Gasteiger partial charge in [-0.1, -0.05) is 6.07 Å². The van der Waals surface area contributed by atoms with E-state index in [1.165, 1.54) is 15.6 Å². The SMILES string of the molecule is CN(C)c1ncccc1CNC(=O)C1CCCN(S(=O)(=O)c2ccc(Br)s2)C1. The zero-order valence-corrected chi connectivity index (χ0v) is 19.0. The summed E-state index contributed by atoms with van der Waals surface area (Å²) in [5.74, 6) is 0.325. The minimum atomic E-state index is -3.57. The molecule has 1 saturated heterocycles. The van der Waals surface area contributed by atoms with Gasteiger partial charge in [0.25, 0.3) is 10.0 Å². The zero-order chi connectivity index (χ0) is 20.3. The highest BCUT2D eigenvalue weighted by Gasteiger charge is 2.34. The second-order valence-corrected chi connectivity index (χ2v) is 11.5. The maximum atomic E-state index is 12.8. The fourth-order valence-corrected chi connectivity index (χ4v) is 6.92. The van der Waals surface area contributed by atoms with Crippen molar-refractivity contribution in [1.82, 2.24) is 14.6 Å². The Labute approximate surface area is 177 Å². The number of anilines is 1. The number of halogens is 1. The molecule has 1 N–H and O–H groups in total. The van der Waals surface area contributed by atoms with Gasteiger partial charge in [0.2, 0.25) is 5.91 Å². The lowest BCUT2D eigenvalue weighted by Gasteiger charge is -2.30. The average Bonchev–Trinajstić information content (AvgIpc) is 3.13. The lowest BCUT2D eigenvalue weighted by Crippen LogP contribution is -2.45. The highest BCUT2D eigenvalue weighted by Crippen LogP contribution is 2.31. The number of hydrogen-bond acceptors (Lipinski definition) is 6. The second kappa shape index (κ2) is 8.89. The van der Waals surface area contributed by atoms with Crippen LogP contribution in [0.25, 0.3) is 0 Å². The van der Waals surface area contributed by atoms with Crippen molar-refractivity contribution in [3.8, 4) is 0 Å². The quantitative estimate of drug-likeness (QED) is 0.678. The number of piperidine rings is 1. The molecule has 1 atom stereocenters. The number of sulfonamides is 1. The summed E-state index contributed by atoms with van der Waals surface area (Å²) in [7, 11) is 0.239. The van der Waals surface area contributed by atoms with Gasteiger partial charge in [0.1, 0.15) is 10.0 Å². The van der Waals surface area contributed by atoms with Crippen LogP contribution in [-0.2, 0) is 21.4 Å². The molecule has 0 spiro atoms. The molecule has 28 heavy (non-hydrogen) atoms. The van der Waals surface area contributed by atoms with Crippen molar-refractivity contribution >= 4 is 49.0 Å². The highest BCUT2D eigenvalue weighted by molar-refractivity contribution is 9.11. The van der Waals surface area contributed by atoms with Crippen LogP contribution in [0.15, 0.2) is 38.5 Å². The summed E-state index contributed by atoms with van der Waals surface area (Å²) >= 11 is 4.49. The molecule has 0 radical (unpaired) electrons. The average molecular weight is 487 g/mol. The van der Waals surface area contributed by atoms with Crippen LogP contribution < -0.4 is 10.2 Å². The summed E-state index contributed by atoms with van der Waals surface area (Å²) in [5, 5.41) is 2.95. The van der Waals surface area contributed by atoms with Gasteiger partial charge in [-0.2, -0.15) is 4.31 Å². The Bertz CT molecular complexity index is 946. The van der Waals surface area contributed by atoms with Crippen LogP contribution in [0.2, 0.25) is 0 Å². The lowest BCUT2D eigenvalue weighted by molar-refractivity contribution is -0.126. The number of aromatic nitrogens is 1. The molecule has 2 aromatic heterocycles. The highest BCUT2D eigenvalue weighted by atomic mass is 79.9. The van der Waals surface area contributed by atoms with Crippen LogP contribution in [0.5, 0.6) is 0 Å². The van der Waals surface area contributed by atoms with Crippen molar-refractivity contribution in [2.45, 2.75) is 23.6 Å². The molecule has 0 bridgehead atoms. The second-order valence-electron chi connectivity index (χ2n) is 6.86. The van der Waals surface area contributed by atoms with E-state index in [2.05, 4.69) is 26.2 Å². The Morgan fingerprint density at radius 3 is 2.86 bits per heavy atom. The molecular weight excluding hydrogens is 464 g/mol. The first-order valence-corrected chi connectivity index (χ1v) is 12.0. The van der Waals surface area contributed by atoms with Crippen LogP contribution >= 0.6 is 27.3 Å². The molecule has 1 aliphatic rings. The Morgan fingerprint density at radius 2 is 2.18 bits per heavy atom. The van der Waals surface area contributed by atoms with E-state index in [-0.39, 0.29) is 18.4 Å². The summed E-state index contributed by atoms with van der Waals surface area (Å²) in [6.45, 7) is 1.01. The minimum Gasteiger partial charge on any atom is -0.362 e. The van der Waals surface area contributed by atoms with E-state index in [0.717, 1.165) is 15.2 Å². The van der Waals surface area contributed by atoms with Gasteiger partial charge in [-0.15, -0.1) is 11.3 Å². The van der Waals surface area contributed by atoms with E-state index in [1.54, 1.807) is 18.3 Å². The third-order valence-electron chi connectivity index (χ3n) is 4.64. The minimum absolute atomic E-state index is 0.124. The van der Waals surface area contributed by atoms with Crippen LogP contribution in [0.1, 0.15) is 18.4 Å². The molecule has 2 aromatic rings. The smallest absolute Gasteiger partial charge is 0.252 e. The van der Waals surface area contributed by atoms with Crippen molar-refractivity contribution in [3.63, 3.8) is 0 Å². The van der Waals surface area contributed by atoms with E-state index in [4.69, 9.17) is 0 Å². The van der Waals surface area contributed by atoms with Crippen LogP contribution in [0, 0.1) is 5.92 Å². The summed E-state index contributed by atoms with van der Waals surface area (Å²) < 4.78 is 28.2. The molecule has 1 unspecified atom stereocenters. The third-order valence-corrected chi connectivity index (χ3v) is 8.60. The standard InChI is InChI=1S/C18H23BrN4O3S2/c1-22(2)17-13(5-3-9-20-17)11-21-18(24)14-6-4-10-23(12-14)28(25,26)16-8-7-15(19)27-16/h3,5,7-9,14H,4,6,10-12H2,1-2H3,(H,21,24). The molecule has 3 rings (SSSR count). The molecule has 152 valence electrons. The van der Waals surface area contributed by atoms with Crippen LogP contribution in [-0.4, -0.2) is 50.8 Å². The summed E-state index contributed by atoms with van der Waals surface area (Å²) in [4.78, 5) is 18.9. The predicted molar refractivity (Wildman–Crippen MR) is 114 cm³/mol. The zero-order valence-electron chi connectivity index (χ0n) is 15.8. The number of amides is 1. The van der Waals surface area contributed by atoms with Gasteiger partial charge < -0.3 is 10.2 Å². The third kappa shape index (κ3) is 4.73. The number of rotatable bonds is 6. The van der Waals surface area contributed by atoms with Crippen molar-refractivity contribution in [1.29, 1.82) is 0 Å². The molecule has 10 heteroatoms. The van der Waals surface area contributed by atoms with E-state index in [0.29, 0.717) is 30.1 Å². The Hall–Kier alpha value is -1.49. The largest absolute Gasteiger partial charge is 0.362 e. The number of nitrogens with zero attached hydrogens (tertiary/aromatic N) is 3. The van der Waals surface area contributed by atoms with Gasteiger partial charge in [-0.25, -0.2) is 13.4 Å². The molecular formula is C18H23BrN4O3S2. The number of thiophene rings is 1. The first kappa shape index (κ1) is 21.2. The number of carbonyl (C=O) groups excluding carboxylic acids is 1. The summed E-state index contributed by atoms with van der Waals surface area (Å²) in [6.07, 6.45) is 3.06. The predicted octanol–water partition coefficient (Wildman–Crippen LogP) is 2.69. The molecule has 1 aliphatic heterocycles. The van der Waals surface area contributed by atoms with Crippen molar-refractivity contribution in [2.75, 3.05) is 32.1 Å². The summed E-state index contributed by atoms with van der Waals surface area (Å²) in [5.41, 5.74) is 0.921. The number of carbonyl (C=O) groups is 1.